The molecule has 0 unspecified atom stereocenters. The highest BCUT2D eigenvalue weighted by atomic mass is 16.6. The first-order valence-corrected chi connectivity index (χ1v) is 6.41. The Morgan fingerprint density at radius 1 is 1.24 bits per heavy atom. The third-order valence-corrected chi connectivity index (χ3v) is 2.31. The van der Waals surface area contributed by atoms with Crippen LogP contribution in [0.25, 0.3) is 0 Å². The second-order valence-corrected chi connectivity index (χ2v) is 4.17. The van der Waals surface area contributed by atoms with Gasteiger partial charge in [0.15, 0.2) is 0 Å². The molecule has 0 bridgehead atoms. The number of amides is 1. The summed E-state index contributed by atoms with van der Waals surface area (Å²) < 4.78 is 0. The standard InChI is InChI=1S/C14H25NO2/c1-4-5-6-7-8-9-10-11-12-17-15-14(16)13(2)3/h7-8H,2,4-6,9-12H2,1,3H3,(H,15,16)/b8-7+. The van der Waals surface area contributed by atoms with E-state index in [1.807, 2.05) is 0 Å². The Kier molecular flexibility index (Phi) is 10.7. The zero-order chi connectivity index (χ0) is 12.9. The molecule has 0 rings (SSSR count). The average molecular weight is 239 g/mol. The highest BCUT2D eigenvalue weighted by Crippen LogP contribution is 2.00. The van der Waals surface area contributed by atoms with Crippen molar-refractivity contribution in [2.75, 3.05) is 6.61 Å². The van der Waals surface area contributed by atoms with Crippen molar-refractivity contribution < 1.29 is 9.63 Å². The minimum atomic E-state index is -0.246. The molecule has 0 aromatic rings. The van der Waals surface area contributed by atoms with E-state index in [9.17, 15) is 4.79 Å². The quantitative estimate of drug-likeness (QED) is 0.274. The number of hydrogen-bond donors (Lipinski definition) is 1. The zero-order valence-electron chi connectivity index (χ0n) is 11.1. The van der Waals surface area contributed by atoms with Gasteiger partial charge in [-0.3, -0.25) is 9.63 Å². The fourth-order valence-electron chi connectivity index (χ4n) is 1.20. The van der Waals surface area contributed by atoms with Gasteiger partial charge in [0.05, 0.1) is 6.61 Å². The first-order valence-electron chi connectivity index (χ1n) is 6.41. The molecular weight excluding hydrogens is 214 g/mol. The van der Waals surface area contributed by atoms with Gasteiger partial charge in [-0.25, -0.2) is 5.48 Å². The summed E-state index contributed by atoms with van der Waals surface area (Å²) in [6.45, 7) is 7.93. The molecule has 0 aromatic carbocycles. The van der Waals surface area contributed by atoms with Gasteiger partial charge in [-0.05, 0) is 32.6 Å². The van der Waals surface area contributed by atoms with Crippen LogP contribution in [0.1, 0.15) is 52.4 Å². The predicted octanol–water partition coefficient (Wildman–Crippen LogP) is 3.53. The van der Waals surface area contributed by atoms with Crippen molar-refractivity contribution in [3.63, 3.8) is 0 Å². The highest BCUT2D eigenvalue weighted by molar-refractivity contribution is 5.91. The molecule has 0 radical (unpaired) electrons. The Morgan fingerprint density at radius 3 is 2.47 bits per heavy atom. The Labute approximate surface area is 105 Å². The molecule has 3 nitrogen and oxygen atoms in total. The molecule has 0 saturated heterocycles. The van der Waals surface area contributed by atoms with Crippen molar-refractivity contribution in [3.05, 3.63) is 24.3 Å². The maximum absolute atomic E-state index is 11.0. The van der Waals surface area contributed by atoms with Crippen molar-refractivity contribution in [1.29, 1.82) is 0 Å². The number of nitrogens with one attached hydrogen (secondary N) is 1. The normalized spacial score (nSPS) is 10.7. The maximum Gasteiger partial charge on any atom is 0.269 e. The molecule has 0 aromatic heterocycles. The Balaban J connectivity index is 3.21. The van der Waals surface area contributed by atoms with Gasteiger partial charge < -0.3 is 0 Å². The van der Waals surface area contributed by atoms with Crippen LogP contribution < -0.4 is 5.48 Å². The number of carbonyl (C=O) groups excluding carboxylic acids is 1. The molecule has 0 spiro atoms. The van der Waals surface area contributed by atoms with Gasteiger partial charge in [-0.1, -0.05) is 38.5 Å². The Hall–Kier alpha value is -1.09. The van der Waals surface area contributed by atoms with Crippen LogP contribution in [0.15, 0.2) is 24.3 Å². The zero-order valence-corrected chi connectivity index (χ0v) is 11.1. The molecule has 0 heterocycles. The van der Waals surface area contributed by atoms with Crippen molar-refractivity contribution in [2.24, 2.45) is 0 Å². The molecule has 3 heteroatoms. The van der Waals surface area contributed by atoms with Crippen LogP contribution in [0.3, 0.4) is 0 Å². The number of hydrogen-bond acceptors (Lipinski definition) is 2. The lowest BCUT2D eigenvalue weighted by molar-refractivity contribution is -0.129. The van der Waals surface area contributed by atoms with E-state index in [0.29, 0.717) is 12.2 Å². The van der Waals surface area contributed by atoms with E-state index in [0.717, 1.165) is 19.3 Å². The van der Waals surface area contributed by atoms with Crippen molar-refractivity contribution >= 4 is 5.91 Å². The number of rotatable bonds is 10. The molecule has 0 atom stereocenters. The number of unbranched alkanes of at least 4 members (excludes halogenated alkanes) is 4. The van der Waals surface area contributed by atoms with E-state index in [4.69, 9.17) is 4.84 Å². The summed E-state index contributed by atoms with van der Waals surface area (Å²) in [5.41, 5.74) is 2.81. The second-order valence-electron chi connectivity index (χ2n) is 4.17. The lowest BCUT2D eigenvalue weighted by atomic mass is 10.2. The summed E-state index contributed by atoms with van der Waals surface area (Å²) in [7, 11) is 0. The molecule has 0 aliphatic heterocycles. The van der Waals surface area contributed by atoms with Crippen LogP contribution in [-0.2, 0) is 9.63 Å². The van der Waals surface area contributed by atoms with Crippen LogP contribution in [0.2, 0.25) is 0 Å². The average Bonchev–Trinajstić information content (AvgIpc) is 2.31. The monoisotopic (exact) mass is 239 g/mol. The lowest BCUT2D eigenvalue weighted by Crippen LogP contribution is -2.24. The first-order chi connectivity index (χ1) is 8.18. The van der Waals surface area contributed by atoms with Crippen LogP contribution >= 0.6 is 0 Å². The smallest absolute Gasteiger partial charge is 0.269 e. The maximum atomic E-state index is 11.0. The van der Waals surface area contributed by atoms with E-state index >= 15 is 0 Å². The molecule has 0 fully saturated rings. The minimum Gasteiger partial charge on any atom is -0.273 e. The predicted molar refractivity (Wildman–Crippen MR) is 71.4 cm³/mol. The molecular formula is C14H25NO2. The van der Waals surface area contributed by atoms with Gasteiger partial charge in [0.2, 0.25) is 0 Å². The summed E-state index contributed by atoms with van der Waals surface area (Å²) in [6.07, 6.45) is 11.3. The van der Waals surface area contributed by atoms with Gasteiger partial charge >= 0.3 is 0 Å². The molecule has 1 amide bonds. The van der Waals surface area contributed by atoms with Crippen LogP contribution in [0.5, 0.6) is 0 Å². The number of carbonyl (C=O) groups is 1. The third-order valence-electron chi connectivity index (χ3n) is 2.31. The summed E-state index contributed by atoms with van der Waals surface area (Å²) in [6, 6.07) is 0. The van der Waals surface area contributed by atoms with Crippen LogP contribution in [-0.4, -0.2) is 12.5 Å². The van der Waals surface area contributed by atoms with E-state index < -0.39 is 0 Å². The molecule has 1 N–H and O–H groups in total. The summed E-state index contributed by atoms with van der Waals surface area (Å²) in [5, 5.41) is 0. The molecule has 17 heavy (non-hydrogen) atoms. The molecule has 0 saturated carbocycles. The molecule has 98 valence electrons. The first kappa shape index (κ1) is 15.9. The topological polar surface area (TPSA) is 38.3 Å². The second kappa shape index (κ2) is 11.4. The van der Waals surface area contributed by atoms with Crippen LogP contribution in [0.4, 0.5) is 0 Å². The fraction of sp³-hybridized carbons (Fsp3) is 0.643. The van der Waals surface area contributed by atoms with Gasteiger partial charge in [-0.2, -0.15) is 0 Å². The summed E-state index contributed by atoms with van der Waals surface area (Å²) >= 11 is 0. The van der Waals surface area contributed by atoms with Crippen molar-refractivity contribution in [1.82, 2.24) is 5.48 Å². The Morgan fingerprint density at radius 2 is 1.88 bits per heavy atom. The third kappa shape index (κ3) is 11.2. The van der Waals surface area contributed by atoms with Gasteiger partial charge in [0.1, 0.15) is 0 Å². The molecule has 0 aliphatic rings. The van der Waals surface area contributed by atoms with E-state index in [2.05, 4.69) is 31.1 Å². The van der Waals surface area contributed by atoms with Gasteiger partial charge in [0, 0.05) is 5.57 Å². The SMILES string of the molecule is C=C(C)C(=O)NOCCCC/C=C/CCCC. The molecule has 0 aliphatic carbocycles. The van der Waals surface area contributed by atoms with Crippen LogP contribution in [0, 0.1) is 0 Å². The largest absolute Gasteiger partial charge is 0.273 e. The highest BCUT2D eigenvalue weighted by Gasteiger charge is 1.99. The summed E-state index contributed by atoms with van der Waals surface area (Å²) in [5.74, 6) is -0.246. The number of allylic oxidation sites excluding steroid dienone is 2. The summed E-state index contributed by atoms with van der Waals surface area (Å²) in [4.78, 5) is 16.0. The Bertz CT molecular complexity index is 247. The van der Waals surface area contributed by atoms with E-state index in [1.165, 1.54) is 19.3 Å². The number of hydroxylamine groups is 1. The lowest BCUT2D eigenvalue weighted by Gasteiger charge is -2.04. The minimum absolute atomic E-state index is 0.246. The van der Waals surface area contributed by atoms with Gasteiger partial charge in [-0.15, -0.1) is 0 Å². The van der Waals surface area contributed by atoms with Gasteiger partial charge in [0.25, 0.3) is 5.91 Å². The van der Waals surface area contributed by atoms with Crippen molar-refractivity contribution in [2.45, 2.75) is 52.4 Å². The fourth-order valence-corrected chi connectivity index (χ4v) is 1.20. The van der Waals surface area contributed by atoms with Crippen molar-refractivity contribution in [3.8, 4) is 0 Å². The van der Waals surface area contributed by atoms with E-state index in [-0.39, 0.29) is 5.91 Å². The van der Waals surface area contributed by atoms with E-state index in [1.54, 1.807) is 6.92 Å².